The highest BCUT2D eigenvalue weighted by Gasteiger charge is 2.14. The first kappa shape index (κ1) is 40.2. The van der Waals surface area contributed by atoms with Crippen molar-refractivity contribution in [2.45, 2.75) is 101 Å². The summed E-state index contributed by atoms with van der Waals surface area (Å²) in [4.78, 5) is 22.8. The molecule has 41 heavy (non-hydrogen) atoms. The van der Waals surface area contributed by atoms with Crippen LogP contribution in [0.2, 0.25) is 0 Å². The molecule has 2 heterocycles. The molecule has 0 saturated heterocycles. The zero-order valence-corrected chi connectivity index (χ0v) is 28.4. The molecule has 1 amide bonds. The van der Waals surface area contributed by atoms with Gasteiger partial charge in [0.15, 0.2) is 0 Å². The Morgan fingerprint density at radius 2 is 1.71 bits per heavy atom. The van der Waals surface area contributed by atoms with E-state index in [-0.39, 0.29) is 0 Å². The SMILES string of the molecule is C/C=C(/C)C(CN(CCC)Cc1ncccc1C)=NC.CC.CC.CC1Cc2ccccc2N1.CCCN(C)C=O. The zero-order valence-electron chi connectivity index (χ0n) is 28.4. The molecule has 0 fully saturated rings. The Labute approximate surface area is 253 Å². The zero-order chi connectivity index (χ0) is 31.6. The van der Waals surface area contributed by atoms with Gasteiger partial charge in [-0.05, 0) is 82.3 Å². The van der Waals surface area contributed by atoms with Crippen LogP contribution in [0.3, 0.4) is 0 Å². The number of aromatic nitrogens is 1. The van der Waals surface area contributed by atoms with Crippen LogP contribution >= 0.6 is 0 Å². The van der Waals surface area contributed by atoms with Crippen LogP contribution in [0.4, 0.5) is 5.69 Å². The number of carbonyl (C=O) groups excluding carboxylic acids is 1. The lowest BCUT2D eigenvalue weighted by atomic mass is 10.1. The summed E-state index contributed by atoms with van der Waals surface area (Å²) < 4.78 is 0. The van der Waals surface area contributed by atoms with Crippen LogP contribution in [0.1, 0.15) is 92.0 Å². The second-order valence-corrected chi connectivity index (χ2v) is 9.61. The van der Waals surface area contributed by atoms with E-state index in [4.69, 9.17) is 0 Å². The van der Waals surface area contributed by atoms with Gasteiger partial charge < -0.3 is 10.2 Å². The number of hydrogen-bond acceptors (Lipinski definition) is 5. The minimum absolute atomic E-state index is 0.623. The van der Waals surface area contributed by atoms with E-state index in [1.54, 1.807) is 11.9 Å². The summed E-state index contributed by atoms with van der Waals surface area (Å²) in [6, 6.07) is 13.2. The lowest BCUT2D eigenvalue weighted by Gasteiger charge is -2.23. The summed E-state index contributed by atoms with van der Waals surface area (Å²) in [5, 5.41) is 3.40. The van der Waals surface area contributed by atoms with Gasteiger partial charge in [-0.25, -0.2) is 0 Å². The molecule has 1 atom stereocenters. The maximum absolute atomic E-state index is 9.82. The number of pyridine rings is 1. The fraction of sp³-hybridized carbons (Fsp3) is 0.571. The number of benzene rings is 1. The number of para-hydroxylation sites is 1. The summed E-state index contributed by atoms with van der Waals surface area (Å²) in [7, 11) is 3.65. The molecular formula is C35H61N5O. The van der Waals surface area contributed by atoms with E-state index in [1.165, 1.54) is 28.8 Å². The number of rotatable bonds is 10. The molecule has 0 bridgehead atoms. The molecule has 1 unspecified atom stereocenters. The Balaban J connectivity index is 0. The smallest absolute Gasteiger partial charge is 0.209 e. The fourth-order valence-corrected chi connectivity index (χ4v) is 4.07. The first-order valence-electron chi connectivity index (χ1n) is 15.5. The number of nitrogens with one attached hydrogen (secondary N) is 1. The Hall–Kier alpha value is -2.99. The normalized spacial score (nSPS) is 13.4. The molecule has 1 N–H and O–H groups in total. The number of fused-ring (bicyclic) bond motifs is 1. The van der Waals surface area contributed by atoms with Gasteiger partial charge in [0.05, 0.1) is 11.4 Å². The Morgan fingerprint density at radius 1 is 1.07 bits per heavy atom. The summed E-state index contributed by atoms with van der Waals surface area (Å²) in [5.74, 6) is 0. The largest absolute Gasteiger partial charge is 0.382 e. The number of aryl methyl sites for hydroxylation is 1. The van der Waals surface area contributed by atoms with Crippen molar-refractivity contribution in [3.8, 4) is 0 Å². The third-order valence-electron chi connectivity index (χ3n) is 6.26. The Bertz CT molecular complexity index is 961. The summed E-state index contributed by atoms with van der Waals surface area (Å²) in [6.45, 7) is 24.5. The van der Waals surface area contributed by atoms with E-state index in [2.05, 4.69) is 91.2 Å². The van der Waals surface area contributed by atoms with Gasteiger partial charge >= 0.3 is 0 Å². The average Bonchev–Trinajstić information content (AvgIpc) is 3.39. The van der Waals surface area contributed by atoms with E-state index in [0.29, 0.717) is 6.04 Å². The first-order valence-corrected chi connectivity index (χ1v) is 15.5. The summed E-state index contributed by atoms with van der Waals surface area (Å²) in [6.07, 6.45) is 8.18. The van der Waals surface area contributed by atoms with Gasteiger partial charge in [-0.2, -0.15) is 0 Å². The van der Waals surface area contributed by atoms with Gasteiger partial charge in [0, 0.05) is 51.7 Å². The minimum Gasteiger partial charge on any atom is -0.382 e. The Morgan fingerprint density at radius 3 is 2.20 bits per heavy atom. The van der Waals surface area contributed by atoms with Crippen molar-refractivity contribution < 1.29 is 4.79 Å². The number of carbonyl (C=O) groups is 1. The van der Waals surface area contributed by atoms with Crippen LogP contribution in [0.15, 0.2) is 59.2 Å². The maximum Gasteiger partial charge on any atom is 0.209 e. The second-order valence-electron chi connectivity index (χ2n) is 9.61. The topological polar surface area (TPSA) is 60.8 Å². The molecule has 6 nitrogen and oxygen atoms in total. The number of hydrogen-bond donors (Lipinski definition) is 1. The van der Waals surface area contributed by atoms with Crippen LogP contribution in [-0.2, 0) is 17.8 Å². The molecule has 0 radical (unpaired) electrons. The first-order chi connectivity index (χ1) is 19.8. The molecule has 0 aliphatic carbocycles. The van der Waals surface area contributed by atoms with Crippen molar-refractivity contribution in [2.75, 3.05) is 39.0 Å². The van der Waals surface area contributed by atoms with Crippen molar-refractivity contribution in [1.29, 1.82) is 0 Å². The van der Waals surface area contributed by atoms with Crippen molar-refractivity contribution >= 4 is 17.8 Å². The number of aliphatic imine (C=N–C) groups is 1. The van der Waals surface area contributed by atoms with Crippen LogP contribution in [0, 0.1) is 6.92 Å². The molecule has 0 saturated carbocycles. The minimum atomic E-state index is 0.623. The third-order valence-corrected chi connectivity index (χ3v) is 6.26. The molecule has 1 aromatic heterocycles. The summed E-state index contributed by atoms with van der Waals surface area (Å²) in [5.41, 5.74) is 7.60. The predicted molar refractivity (Wildman–Crippen MR) is 182 cm³/mol. The van der Waals surface area contributed by atoms with Gasteiger partial charge in [-0.3, -0.25) is 19.7 Å². The van der Waals surface area contributed by atoms with E-state index >= 15 is 0 Å². The number of allylic oxidation sites excluding steroid dienone is 1. The summed E-state index contributed by atoms with van der Waals surface area (Å²) >= 11 is 0. The van der Waals surface area contributed by atoms with Crippen LogP contribution < -0.4 is 5.32 Å². The number of anilines is 1. The highest BCUT2D eigenvalue weighted by molar-refractivity contribution is 6.01. The van der Waals surface area contributed by atoms with Gasteiger partial charge in [0.1, 0.15) is 0 Å². The molecule has 3 rings (SSSR count). The number of nitrogens with zero attached hydrogens (tertiary/aromatic N) is 4. The van der Waals surface area contributed by atoms with E-state index in [9.17, 15) is 4.79 Å². The van der Waals surface area contributed by atoms with Gasteiger partial charge in [0.25, 0.3) is 0 Å². The van der Waals surface area contributed by atoms with Crippen LogP contribution in [0.25, 0.3) is 0 Å². The van der Waals surface area contributed by atoms with E-state index in [1.807, 2.05) is 53.9 Å². The van der Waals surface area contributed by atoms with Crippen molar-refractivity contribution in [1.82, 2.24) is 14.8 Å². The second kappa shape index (κ2) is 25.9. The molecule has 1 aliphatic heterocycles. The molecule has 1 aliphatic rings. The van der Waals surface area contributed by atoms with E-state index < -0.39 is 0 Å². The average molecular weight is 568 g/mol. The van der Waals surface area contributed by atoms with Crippen molar-refractivity contribution in [3.63, 3.8) is 0 Å². The van der Waals surface area contributed by atoms with Crippen molar-refractivity contribution in [2.24, 2.45) is 4.99 Å². The molecular weight excluding hydrogens is 506 g/mol. The number of amides is 1. The molecule has 232 valence electrons. The van der Waals surface area contributed by atoms with Gasteiger partial charge in [0.2, 0.25) is 6.41 Å². The van der Waals surface area contributed by atoms with Gasteiger partial charge in [-0.1, -0.05) is 71.9 Å². The molecule has 0 spiro atoms. The standard InChI is InChI=1S/C17H27N3.C9H11N.C5H11NO.2C2H6/c1-6-11-20(12-16(18-5)14(3)7-2)13-17-15(4)9-8-10-19-17;1-7-6-8-4-2-3-5-9(8)10-7;1-3-4-6(2)5-7;2*1-2/h7-10H,6,11-13H2,1-5H3;2-5,7,10H,6H2,1H3;5H,3-4H2,1-2H3;2*1-2H3/b14-7-,18-16?;;;;. The van der Waals surface area contributed by atoms with Gasteiger partial charge in [-0.15, -0.1) is 0 Å². The van der Waals surface area contributed by atoms with Crippen LogP contribution in [0.5, 0.6) is 0 Å². The monoisotopic (exact) mass is 567 g/mol. The Kier molecular flexibility index (Phi) is 25.4. The third kappa shape index (κ3) is 17.4. The molecule has 6 heteroatoms. The molecule has 2 aromatic rings. The fourth-order valence-electron chi connectivity index (χ4n) is 4.07. The van der Waals surface area contributed by atoms with Crippen molar-refractivity contribution in [3.05, 3.63) is 71.1 Å². The molecule has 1 aromatic carbocycles. The predicted octanol–water partition coefficient (Wildman–Crippen LogP) is 8.22. The lowest BCUT2D eigenvalue weighted by molar-refractivity contribution is -0.117. The highest BCUT2D eigenvalue weighted by Crippen LogP contribution is 2.24. The maximum atomic E-state index is 9.82. The van der Waals surface area contributed by atoms with Crippen LogP contribution in [-0.4, -0.2) is 66.7 Å². The lowest BCUT2D eigenvalue weighted by Crippen LogP contribution is -2.31. The highest BCUT2D eigenvalue weighted by atomic mass is 16.1. The van der Waals surface area contributed by atoms with E-state index in [0.717, 1.165) is 56.8 Å². The quantitative estimate of drug-likeness (QED) is 0.232.